The van der Waals surface area contributed by atoms with Gasteiger partial charge in [-0.1, -0.05) is 41.7 Å². The standard InChI is InChI=1S/C25H27N3O4S.ClH/c1-27(2)13-14-28(25-26-23-20(30-3)11-12-21(31-4)24(23)33-25)22(29)16-32-19-10-9-17-7-5-6-8-18(17)15-19;/h5-12,15H,13-14,16H2,1-4H3;1H. The summed E-state index contributed by atoms with van der Waals surface area (Å²) in [6.45, 7) is 1.08. The number of aromatic nitrogens is 1. The van der Waals surface area contributed by atoms with Crippen LogP contribution in [0, 0.1) is 0 Å². The first kappa shape index (κ1) is 25.6. The quantitative estimate of drug-likeness (QED) is 0.326. The molecule has 0 N–H and O–H groups in total. The Labute approximate surface area is 209 Å². The molecule has 0 aliphatic heterocycles. The average Bonchev–Trinajstić information content (AvgIpc) is 3.27. The van der Waals surface area contributed by atoms with E-state index in [0.717, 1.165) is 15.5 Å². The second-order valence-corrected chi connectivity index (χ2v) is 8.77. The summed E-state index contributed by atoms with van der Waals surface area (Å²) in [6.07, 6.45) is 0. The van der Waals surface area contributed by atoms with Crippen LogP contribution in [0.3, 0.4) is 0 Å². The summed E-state index contributed by atoms with van der Waals surface area (Å²) >= 11 is 1.40. The van der Waals surface area contributed by atoms with Crippen molar-refractivity contribution in [1.82, 2.24) is 9.88 Å². The number of methoxy groups -OCH3 is 2. The Hall–Kier alpha value is -3.07. The van der Waals surface area contributed by atoms with Crippen LogP contribution in [0.4, 0.5) is 5.13 Å². The molecule has 0 unspecified atom stereocenters. The van der Waals surface area contributed by atoms with Crippen LogP contribution in [-0.4, -0.2) is 63.8 Å². The van der Waals surface area contributed by atoms with E-state index in [1.807, 2.05) is 73.6 Å². The van der Waals surface area contributed by atoms with Gasteiger partial charge in [-0.3, -0.25) is 9.69 Å². The molecule has 1 heterocycles. The van der Waals surface area contributed by atoms with Crippen molar-refractivity contribution in [3.8, 4) is 17.2 Å². The Morgan fingerprint density at radius 3 is 2.35 bits per heavy atom. The Balaban J connectivity index is 0.00000324. The zero-order valence-corrected chi connectivity index (χ0v) is 21.2. The second kappa shape index (κ2) is 11.4. The van der Waals surface area contributed by atoms with Gasteiger partial charge in [0, 0.05) is 13.1 Å². The third-order valence-corrected chi connectivity index (χ3v) is 6.38. The maximum atomic E-state index is 13.3. The fraction of sp³-hybridized carbons (Fsp3) is 0.280. The molecule has 4 rings (SSSR count). The Bertz CT molecular complexity index is 1240. The predicted octanol–water partition coefficient (Wildman–Crippen LogP) is 4.86. The minimum atomic E-state index is -0.165. The molecule has 0 spiro atoms. The first-order chi connectivity index (χ1) is 16.0. The number of thiazole rings is 1. The largest absolute Gasteiger partial charge is 0.495 e. The first-order valence-corrected chi connectivity index (χ1v) is 11.4. The normalized spacial score (nSPS) is 10.9. The number of ether oxygens (including phenoxy) is 3. The van der Waals surface area contributed by atoms with Crippen molar-refractivity contribution in [2.75, 3.05) is 52.9 Å². The molecule has 1 amide bonds. The highest BCUT2D eigenvalue weighted by Gasteiger charge is 2.23. The summed E-state index contributed by atoms with van der Waals surface area (Å²) in [5.41, 5.74) is 0.676. The van der Waals surface area contributed by atoms with Crippen LogP contribution < -0.4 is 19.1 Å². The molecule has 0 fully saturated rings. The fourth-order valence-electron chi connectivity index (χ4n) is 3.50. The van der Waals surface area contributed by atoms with E-state index in [-0.39, 0.29) is 24.9 Å². The fourth-order valence-corrected chi connectivity index (χ4v) is 4.61. The van der Waals surface area contributed by atoms with Crippen LogP contribution in [0.2, 0.25) is 0 Å². The van der Waals surface area contributed by atoms with Crippen molar-refractivity contribution < 1.29 is 19.0 Å². The summed E-state index contributed by atoms with van der Waals surface area (Å²) < 4.78 is 17.7. The second-order valence-electron chi connectivity index (χ2n) is 7.79. The van der Waals surface area contributed by atoms with Gasteiger partial charge in [-0.15, -0.1) is 12.4 Å². The number of halogens is 1. The van der Waals surface area contributed by atoms with E-state index in [1.54, 1.807) is 19.1 Å². The van der Waals surface area contributed by atoms with Crippen molar-refractivity contribution >= 4 is 55.8 Å². The number of hydrogen-bond donors (Lipinski definition) is 0. The lowest BCUT2D eigenvalue weighted by molar-refractivity contribution is -0.120. The number of fused-ring (bicyclic) bond motifs is 2. The average molecular weight is 502 g/mol. The monoisotopic (exact) mass is 501 g/mol. The number of rotatable bonds is 9. The van der Waals surface area contributed by atoms with E-state index in [0.29, 0.717) is 41.0 Å². The highest BCUT2D eigenvalue weighted by atomic mass is 35.5. The predicted molar refractivity (Wildman–Crippen MR) is 140 cm³/mol. The smallest absolute Gasteiger partial charge is 0.266 e. The van der Waals surface area contributed by atoms with Crippen molar-refractivity contribution in [2.45, 2.75) is 0 Å². The van der Waals surface area contributed by atoms with Gasteiger partial charge in [-0.2, -0.15) is 0 Å². The molecular formula is C25H28ClN3O4S. The highest BCUT2D eigenvalue weighted by molar-refractivity contribution is 7.22. The van der Waals surface area contributed by atoms with Gasteiger partial charge in [0.1, 0.15) is 27.5 Å². The molecule has 0 aliphatic rings. The number of amides is 1. The molecule has 7 nitrogen and oxygen atoms in total. The number of benzene rings is 3. The molecule has 180 valence electrons. The number of nitrogens with zero attached hydrogens (tertiary/aromatic N) is 3. The third-order valence-electron chi connectivity index (χ3n) is 5.28. The first-order valence-electron chi connectivity index (χ1n) is 10.6. The minimum Gasteiger partial charge on any atom is -0.495 e. The maximum Gasteiger partial charge on any atom is 0.266 e. The van der Waals surface area contributed by atoms with Gasteiger partial charge in [0.05, 0.1) is 14.2 Å². The molecule has 0 radical (unpaired) electrons. The zero-order chi connectivity index (χ0) is 23.4. The molecule has 3 aromatic carbocycles. The summed E-state index contributed by atoms with van der Waals surface area (Å²) in [5.74, 6) is 1.83. The van der Waals surface area contributed by atoms with E-state index in [4.69, 9.17) is 19.2 Å². The molecular weight excluding hydrogens is 474 g/mol. The van der Waals surface area contributed by atoms with Gasteiger partial charge in [0.2, 0.25) is 0 Å². The number of anilines is 1. The number of hydrogen-bond acceptors (Lipinski definition) is 7. The van der Waals surface area contributed by atoms with E-state index < -0.39 is 0 Å². The molecule has 0 bridgehead atoms. The van der Waals surface area contributed by atoms with Gasteiger partial charge in [0.25, 0.3) is 5.91 Å². The highest BCUT2D eigenvalue weighted by Crippen LogP contribution is 2.40. The van der Waals surface area contributed by atoms with Crippen molar-refractivity contribution in [2.24, 2.45) is 0 Å². The van der Waals surface area contributed by atoms with E-state index in [9.17, 15) is 4.79 Å². The Morgan fingerprint density at radius 2 is 1.65 bits per heavy atom. The van der Waals surface area contributed by atoms with Crippen LogP contribution in [-0.2, 0) is 4.79 Å². The van der Waals surface area contributed by atoms with Crippen molar-refractivity contribution in [1.29, 1.82) is 0 Å². The number of likely N-dealkylation sites (N-methyl/N-ethyl adjacent to an activating group) is 1. The lowest BCUT2D eigenvalue weighted by Crippen LogP contribution is -2.39. The van der Waals surface area contributed by atoms with Gasteiger partial charge in [0.15, 0.2) is 11.7 Å². The Morgan fingerprint density at radius 1 is 0.941 bits per heavy atom. The molecule has 0 saturated heterocycles. The summed E-state index contributed by atoms with van der Waals surface area (Å²) in [4.78, 5) is 21.7. The molecule has 1 aromatic heterocycles. The van der Waals surface area contributed by atoms with Crippen LogP contribution in [0.15, 0.2) is 54.6 Å². The lowest BCUT2D eigenvalue weighted by atomic mass is 10.1. The minimum absolute atomic E-state index is 0. The van der Waals surface area contributed by atoms with E-state index in [1.165, 1.54) is 11.3 Å². The van der Waals surface area contributed by atoms with E-state index >= 15 is 0 Å². The molecule has 4 aromatic rings. The van der Waals surface area contributed by atoms with Gasteiger partial charge >= 0.3 is 0 Å². The number of carbonyl (C=O) groups is 1. The Kier molecular flexibility index (Phi) is 8.55. The van der Waals surface area contributed by atoms with Gasteiger partial charge in [-0.25, -0.2) is 4.98 Å². The molecule has 0 saturated carbocycles. The van der Waals surface area contributed by atoms with Crippen LogP contribution in [0.1, 0.15) is 0 Å². The third kappa shape index (κ3) is 5.52. The van der Waals surface area contributed by atoms with Crippen molar-refractivity contribution in [3.63, 3.8) is 0 Å². The SMILES string of the molecule is COc1ccc(OC)c2sc(N(CCN(C)C)C(=O)COc3ccc4ccccc4c3)nc12.Cl. The molecule has 0 atom stereocenters. The molecule has 34 heavy (non-hydrogen) atoms. The summed E-state index contributed by atoms with van der Waals surface area (Å²) in [7, 11) is 7.16. The van der Waals surface area contributed by atoms with Crippen LogP contribution in [0.5, 0.6) is 17.2 Å². The maximum absolute atomic E-state index is 13.3. The summed E-state index contributed by atoms with van der Waals surface area (Å²) in [6, 6.07) is 17.5. The lowest BCUT2D eigenvalue weighted by Gasteiger charge is -2.22. The van der Waals surface area contributed by atoms with Crippen LogP contribution in [0.25, 0.3) is 21.0 Å². The topological polar surface area (TPSA) is 64.1 Å². The van der Waals surface area contributed by atoms with Crippen molar-refractivity contribution in [3.05, 3.63) is 54.6 Å². The zero-order valence-electron chi connectivity index (χ0n) is 19.6. The molecule has 9 heteroatoms. The van der Waals surface area contributed by atoms with Gasteiger partial charge < -0.3 is 19.1 Å². The summed E-state index contributed by atoms with van der Waals surface area (Å²) in [5, 5.41) is 2.78. The number of carbonyl (C=O) groups excluding carboxylic acids is 1. The molecule has 0 aliphatic carbocycles. The van der Waals surface area contributed by atoms with Crippen LogP contribution >= 0.6 is 23.7 Å². The van der Waals surface area contributed by atoms with Gasteiger partial charge in [-0.05, 0) is 49.1 Å². The van der Waals surface area contributed by atoms with E-state index in [2.05, 4.69) is 0 Å².